The fourth-order valence-electron chi connectivity index (χ4n) is 5.53. The van der Waals surface area contributed by atoms with Crippen molar-refractivity contribution in [2.45, 2.75) is 71.8 Å². The summed E-state index contributed by atoms with van der Waals surface area (Å²) in [5.41, 5.74) is 0.688. The van der Waals surface area contributed by atoms with E-state index in [0.29, 0.717) is 5.92 Å². The van der Waals surface area contributed by atoms with Crippen LogP contribution in [0.4, 0.5) is 0 Å². The molecule has 5 unspecified atom stereocenters. The number of aliphatic hydroxyl groups excluding tert-OH is 1. The third-order valence-corrected chi connectivity index (χ3v) is 6.95. The molecule has 2 fully saturated rings. The minimum atomic E-state index is -0.614. The summed E-state index contributed by atoms with van der Waals surface area (Å²) in [6, 6.07) is 0. The van der Waals surface area contributed by atoms with Crippen molar-refractivity contribution in [3.8, 4) is 0 Å². The van der Waals surface area contributed by atoms with E-state index in [-0.39, 0.29) is 23.4 Å². The van der Waals surface area contributed by atoms with E-state index >= 15 is 0 Å². The minimum absolute atomic E-state index is 0.0128. The molecule has 2 rings (SSSR count). The van der Waals surface area contributed by atoms with E-state index < -0.39 is 5.60 Å². The normalized spacial score (nSPS) is 46.2. The van der Waals surface area contributed by atoms with Gasteiger partial charge in [-0.1, -0.05) is 44.6 Å². The van der Waals surface area contributed by atoms with Gasteiger partial charge in [0.2, 0.25) is 0 Å². The van der Waals surface area contributed by atoms with Gasteiger partial charge < -0.3 is 10.2 Å². The van der Waals surface area contributed by atoms with Gasteiger partial charge in [0.05, 0.1) is 5.60 Å². The predicted molar refractivity (Wildman–Crippen MR) is 92.6 cm³/mol. The minimum Gasteiger partial charge on any atom is -0.396 e. The topological polar surface area (TPSA) is 40.5 Å². The lowest BCUT2D eigenvalue weighted by atomic mass is 9.45. The van der Waals surface area contributed by atoms with Crippen molar-refractivity contribution in [3.63, 3.8) is 0 Å². The van der Waals surface area contributed by atoms with Gasteiger partial charge in [0.1, 0.15) is 0 Å². The largest absolute Gasteiger partial charge is 0.396 e. The SMILES string of the molecule is C=CC(C)=CCC1C(C)(O)CCC2C(C)(CO)CCCC12C. The molecule has 0 saturated heterocycles. The summed E-state index contributed by atoms with van der Waals surface area (Å²) >= 11 is 0. The van der Waals surface area contributed by atoms with Gasteiger partial charge in [-0.05, 0) is 68.6 Å². The van der Waals surface area contributed by atoms with Crippen LogP contribution < -0.4 is 0 Å². The summed E-state index contributed by atoms with van der Waals surface area (Å²) in [6.45, 7) is 12.8. The number of hydrogen-bond donors (Lipinski definition) is 2. The van der Waals surface area contributed by atoms with E-state index in [1.54, 1.807) is 0 Å². The fourth-order valence-corrected chi connectivity index (χ4v) is 5.53. The molecule has 2 heteroatoms. The van der Waals surface area contributed by atoms with E-state index in [0.717, 1.165) is 38.5 Å². The lowest BCUT2D eigenvalue weighted by Gasteiger charge is -2.61. The summed E-state index contributed by atoms with van der Waals surface area (Å²) in [7, 11) is 0. The molecule has 2 aliphatic carbocycles. The highest BCUT2D eigenvalue weighted by Crippen LogP contribution is 2.62. The monoisotopic (exact) mass is 306 g/mol. The van der Waals surface area contributed by atoms with Crippen molar-refractivity contribution in [2.75, 3.05) is 6.61 Å². The first kappa shape index (κ1) is 17.7. The molecule has 0 aliphatic heterocycles. The highest BCUT2D eigenvalue weighted by molar-refractivity contribution is 5.16. The Hall–Kier alpha value is -0.600. The van der Waals surface area contributed by atoms with Gasteiger partial charge in [0, 0.05) is 6.61 Å². The van der Waals surface area contributed by atoms with Crippen molar-refractivity contribution in [1.29, 1.82) is 0 Å². The molecule has 0 aromatic carbocycles. The molecular formula is C20H34O2. The molecule has 2 saturated carbocycles. The lowest BCUT2D eigenvalue weighted by molar-refractivity contribution is -0.176. The van der Waals surface area contributed by atoms with Crippen LogP contribution in [-0.2, 0) is 0 Å². The van der Waals surface area contributed by atoms with Crippen LogP contribution in [0.3, 0.4) is 0 Å². The number of fused-ring (bicyclic) bond motifs is 1. The predicted octanol–water partition coefficient (Wildman–Crippen LogP) is 4.47. The lowest BCUT2D eigenvalue weighted by Crippen LogP contribution is -2.58. The molecule has 0 aromatic heterocycles. The maximum Gasteiger partial charge on any atom is 0.0656 e. The van der Waals surface area contributed by atoms with Gasteiger partial charge >= 0.3 is 0 Å². The first-order chi connectivity index (χ1) is 10.2. The molecule has 2 nitrogen and oxygen atoms in total. The Morgan fingerprint density at radius 1 is 1.23 bits per heavy atom. The van der Waals surface area contributed by atoms with E-state index in [2.05, 4.69) is 33.4 Å². The maximum atomic E-state index is 11.0. The van der Waals surface area contributed by atoms with Crippen molar-refractivity contribution >= 4 is 0 Å². The average Bonchev–Trinajstić information content (AvgIpc) is 2.45. The van der Waals surface area contributed by atoms with E-state index in [1.807, 2.05) is 13.0 Å². The van der Waals surface area contributed by atoms with Crippen molar-refractivity contribution in [2.24, 2.45) is 22.7 Å². The van der Waals surface area contributed by atoms with Gasteiger partial charge in [-0.2, -0.15) is 0 Å². The Bertz CT molecular complexity index is 451. The standard InChI is InChI=1S/C20H34O2/c1-6-15(2)8-9-17-19(4)12-7-11-18(3,14-21)16(19)10-13-20(17,5)22/h6,8,16-17,21-22H,1,7,9-14H2,2-5H3. The fraction of sp³-hybridized carbons (Fsp3) is 0.800. The van der Waals surface area contributed by atoms with Gasteiger partial charge in [-0.25, -0.2) is 0 Å². The Labute approximate surface area is 136 Å². The zero-order chi connectivity index (χ0) is 16.6. The quantitative estimate of drug-likeness (QED) is 0.752. The Kier molecular flexibility index (Phi) is 4.94. The second-order valence-corrected chi connectivity index (χ2v) is 8.56. The zero-order valence-electron chi connectivity index (χ0n) is 14.9. The van der Waals surface area contributed by atoms with Crippen LogP contribution >= 0.6 is 0 Å². The van der Waals surface area contributed by atoms with Crippen LogP contribution in [0.15, 0.2) is 24.3 Å². The van der Waals surface area contributed by atoms with Crippen LogP contribution in [0.5, 0.6) is 0 Å². The first-order valence-electron chi connectivity index (χ1n) is 8.82. The van der Waals surface area contributed by atoms with Crippen molar-refractivity contribution in [3.05, 3.63) is 24.3 Å². The summed E-state index contributed by atoms with van der Waals surface area (Å²) in [5, 5.41) is 21.0. The molecule has 0 aromatic rings. The second-order valence-electron chi connectivity index (χ2n) is 8.56. The summed E-state index contributed by atoms with van der Waals surface area (Å²) in [6.07, 6.45) is 10.3. The third kappa shape index (κ3) is 2.92. The van der Waals surface area contributed by atoms with E-state index in [9.17, 15) is 10.2 Å². The Balaban J connectivity index is 2.36. The summed E-state index contributed by atoms with van der Waals surface area (Å²) in [4.78, 5) is 0. The molecule has 22 heavy (non-hydrogen) atoms. The van der Waals surface area contributed by atoms with E-state index in [1.165, 1.54) is 5.57 Å². The van der Waals surface area contributed by atoms with Crippen LogP contribution in [0.2, 0.25) is 0 Å². The van der Waals surface area contributed by atoms with E-state index in [4.69, 9.17) is 0 Å². The summed E-state index contributed by atoms with van der Waals surface area (Å²) in [5.74, 6) is 0.751. The molecule has 0 bridgehead atoms. The molecule has 126 valence electrons. The number of allylic oxidation sites excluding steroid dienone is 3. The van der Waals surface area contributed by atoms with Crippen molar-refractivity contribution in [1.82, 2.24) is 0 Å². The number of aliphatic hydroxyl groups is 2. The Morgan fingerprint density at radius 3 is 2.50 bits per heavy atom. The second kappa shape index (κ2) is 6.13. The average molecular weight is 306 g/mol. The highest BCUT2D eigenvalue weighted by Gasteiger charge is 2.58. The third-order valence-electron chi connectivity index (χ3n) is 6.95. The van der Waals surface area contributed by atoms with Gasteiger partial charge in [0.25, 0.3) is 0 Å². The number of hydrogen-bond acceptors (Lipinski definition) is 2. The first-order valence-corrected chi connectivity index (χ1v) is 8.82. The van der Waals surface area contributed by atoms with Crippen molar-refractivity contribution < 1.29 is 10.2 Å². The van der Waals surface area contributed by atoms with Crippen LogP contribution in [0.1, 0.15) is 66.2 Å². The molecule has 0 radical (unpaired) electrons. The smallest absolute Gasteiger partial charge is 0.0656 e. The Morgan fingerprint density at radius 2 is 1.91 bits per heavy atom. The number of rotatable bonds is 4. The maximum absolute atomic E-state index is 11.0. The van der Waals surface area contributed by atoms with Gasteiger partial charge in [-0.3, -0.25) is 0 Å². The van der Waals surface area contributed by atoms with Crippen LogP contribution in [0, 0.1) is 22.7 Å². The molecule has 0 amide bonds. The molecule has 2 aliphatic rings. The summed E-state index contributed by atoms with van der Waals surface area (Å²) < 4.78 is 0. The highest BCUT2D eigenvalue weighted by atomic mass is 16.3. The molecule has 5 atom stereocenters. The van der Waals surface area contributed by atoms with Gasteiger partial charge in [-0.15, -0.1) is 0 Å². The molecule has 0 spiro atoms. The van der Waals surface area contributed by atoms with Gasteiger partial charge in [0.15, 0.2) is 0 Å². The zero-order valence-corrected chi connectivity index (χ0v) is 14.9. The van der Waals surface area contributed by atoms with Crippen LogP contribution in [0.25, 0.3) is 0 Å². The molecule has 2 N–H and O–H groups in total. The van der Waals surface area contributed by atoms with Crippen LogP contribution in [-0.4, -0.2) is 22.4 Å². The molecule has 0 heterocycles. The molecular weight excluding hydrogens is 272 g/mol.